The summed E-state index contributed by atoms with van der Waals surface area (Å²) in [6, 6.07) is 0. The normalized spacial score (nSPS) is 13.4. The van der Waals surface area contributed by atoms with E-state index in [4.69, 9.17) is 0 Å². The summed E-state index contributed by atoms with van der Waals surface area (Å²) in [4.78, 5) is 33.1. The van der Waals surface area contributed by atoms with Crippen LogP contribution < -0.4 is 10.6 Å². The first-order valence-electron chi connectivity index (χ1n) is 10.5. The molecule has 0 aromatic carbocycles. The second-order valence-electron chi connectivity index (χ2n) is 6.39. The molecule has 0 bridgehead atoms. The van der Waals surface area contributed by atoms with E-state index in [1.165, 1.54) is 19.3 Å². The van der Waals surface area contributed by atoms with Gasteiger partial charge in [0, 0.05) is 38.8 Å². The summed E-state index contributed by atoms with van der Waals surface area (Å²) in [6.45, 7) is 8.80. The Morgan fingerprint density at radius 3 is 1.96 bits per heavy atom. The average Bonchev–Trinajstić information content (AvgIpc) is 2.70. The molecule has 0 aliphatic heterocycles. The Morgan fingerprint density at radius 1 is 0.885 bits per heavy atom. The highest BCUT2D eigenvalue weighted by Crippen LogP contribution is 2.24. The van der Waals surface area contributed by atoms with Crippen LogP contribution in [0.2, 0.25) is 0 Å². The quantitative estimate of drug-likeness (QED) is 0.591. The molecule has 0 aromatic heterocycles. The van der Waals surface area contributed by atoms with Gasteiger partial charge < -0.3 is 10.6 Å². The Balaban J connectivity index is 0. The Morgan fingerprint density at radius 2 is 1.46 bits per heavy atom. The van der Waals surface area contributed by atoms with Gasteiger partial charge in [0.1, 0.15) is 5.78 Å². The summed E-state index contributed by atoms with van der Waals surface area (Å²) in [6.07, 6.45) is 10.5. The van der Waals surface area contributed by atoms with E-state index in [1.54, 1.807) is 7.05 Å². The van der Waals surface area contributed by atoms with Crippen LogP contribution in [0.25, 0.3) is 0 Å². The van der Waals surface area contributed by atoms with Gasteiger partial charge >= 0.3 is 0 Å². The first-order valence-corrected chi connectivity index (χ1v) is 10.5. The van der Waals surface area contributed by atoms with Crippen molar-refractivity contribution >= 4 is 17.6 Å². The molecule has 1 aliphatic rings. The van der Waals surface area contributed by atoms with Crippen LogP contribution in [-0.2, 0) is 14.4 Å². The van der Waals surface area contributed by atoms with Crippen LogP contribution in [0, 0.1) is 5.92 Å². The van der Waals surface area contributed by atoms with Gasteiger partial charge in [0.05, 0.1) is 0 Å². The third-order valence-electron chi connectivity index (χ3n) is 4.35. The van der Waals surface area contributed by atoms with Crippen molar-refractivity contribution in [3.05, 3.63) is 0 Å². The van der Waals surface area contributed by atoms with E-state index < -0.39 is 0 Å². The van der Waals surface area contributed by atoms with Gasteiger partial charge in [0.2, 0.25) is 11.8 Å². The van der Waals surface area contributed by atoms with Crippen molar-refractivity contribution in [1.29, 1.82) is 0 Å². The minimum atomic E-state index is -0.00800. The Bertz CT molecular complexity index is 364. The average molecular weight is 371 g/mol. The smallest absolute Gasteiger partial charge is 0.220 e. The molecule has 2 amide bonds. The predicted molar refractivity (Wildman–Crippen MR) is 109 cm³/mol. The zero-order valence-electron chi connectivity index (χ0n) is 17.8. The third kappa shape index (κ3) is 16.1. The predicted octanol–water partition coefficient (Wildman–Crippen LogP) is 4.39. The van der Waals surface area contributed by atoms with Gasteiger partial charge in [-0.1, -0.05) is 53.4 Å². The van der Waals surface area contributed by atoms with Gasteiger partial charge in [-0.3, -0.25) is 14.4 Å². The van der Waals surface area contributed by atoms with Crippen LogP contribution in [0.1, 0.15) is 98.3 Å². The van der Waals surface area contributed by atoms with Crippen molar-refractivity contribution in [2.24, 2.45) is 5.92 Å². The molecule has 2 N–H and O–H groups in total. The molecule has 1 aliphatic carbocycles. The lowest BCUT2D eigenvalue weighted by molar-refractivity contribution is -0.124. The molecule has 0 saturated heterocycles. The highest BCUT2D eigenvalue weighted by molar-refractivity contribution is 5.80. The Hall–Kier alpha value is -1.39. The lowest BCUT2D eigenvalue weighted by Crippen LogP contribution is -2.24. The number of hydrogen-bond donors (Lipinski definition) is 2. The van der Waals surface area contributed by atoms with E-state index in [-0.39, 0.29) is 11.8 Å². The second-order valence-corrected chi connectivity index (χ2v) is 6.39. The molecule has 0 spiro atoms. The van der Waals surface area contributed by atoms with Gasteiger partial charge in [0.15, 0.2) is 0 Å². The number of amides is 2. The molecule has 0 atom stereocenters. The topological polar surface area (TPSA) is 75.3 Å². The largest absolute Gasteiger partial charge is 0.359 e. The molecule has 26 heavy (non-hydrogen) atoms. The van der Waals surface area contributed by atoms with Crippen molar-refractivity contribution in [2.45, 2.75) is 98.3 Å². The second kappa shape index (κ2) is 19.9. The number of nitrogens with one attached hydrogen (secondary N) is 2. The lowest BCUT2D eigenvalue weighted by atomic mass is 9.85. The van der Waals surface area contributed by atoms with Gasteiger partial charge in [-0.2, -0.15) is 0 Å². The van der Waals surface area contributed by atoms with Crippen LogP contribution in [0.15, 0.2) is 0 Å². The summed E-state index contributed by atoms with van der Waals surface area (Å²) < 4.78 is 0. The lowest BCUT2D eigenvalue weighted by Gasteiger charge is -2.19. The van der Waals surface area contributed by atoms with E-state index in [9.17, 15) is 14.4 Å². The number of carbonyl (C=O) groups excluding carboxylic acids is 3. The zero-order chi connectivity index (χ0) is 20.2. The standard InChI is InChI=1S/C10H20N2O2.C9H16O.C2H6/c1-3-4-8-12-10(14)7-5-6-9(13)11-2;1-2-9(10)8-6-4-3-5-7-8;1-2/h3-8H2,1-2H3,(H,11,13)(H,12,14);8H,2-7H2,1H3;1-2H3. The minimum Gasteiger partial charge on any atom is -0.359 e. The maximum absolute atomic E-state index is 11.2. The molecule has 0 radical (unpaired) electrons. The fraction of sp³-hybridized carbons (Fsp3) is 0.857. The fourth-order valence-corrected chi connectivity index (χ4v) is 2.74. The number of unbranched alkanes of at least 4 members (excludes halogenated alkanes) is 1. The highest BCUT2D eigenvalue weighted by Gasteiger charge is 2.18. The number of ketones is 1. The molecular formula is C21H42N2O3. The molecule has 1 fully saturated rings. The number of Topliss-reactive ketones (excluding diaryl/α,β-unsaturated/α-hetero) is 1. The Kier molecular flexibility index (Phi) is 20.6. The molecule has 5 heteroatoms. The summed E-state index contributed by atoms with van der Waals surface area (Å²) in [5.74, 6) is 0.951. The SMILES string of the molecule is CC.CCC(=O)C1CCCCC1.CCCCNC(=O)CCCC(=O)NC. The summed E-state index contributed by atoms with van der Waals surface area (Å²) >= 11 is 0. The number of carbonyl (C=O) groups is 3. The first-order chi connectivity index (χ1) is 12.5. The first kappa shape index (κ1) is 26.8. The van der Waals surface area contributed by atoms with Crippen molar-refractivity contribution in [2.75, 3.05) is 13.6 Å². The van der Waals surface area contributed by atoms with Crippen LogP contribution >= 0.6 is 0 Å². The van der Waals surface area contributed by atoms with Gasteiger partial charge in [-0.15, -0.1) is 0 Å². The number of hydrogen-bond acceptors (Lipinski definition) is 3. The molecule has 1 saturated carbocycles. The van der Waals surface area contributed by atoms with Crippen LogP contribution in [0.4, 0.5) is 0 Å². The van der Waals surface area contributed by atoms with E-state index in [0.29, 0.717) is 31.0 Å². The summed E-state index contributed by atoms with van der Waals surface area (Å²) in [7, 11) is 1.60. The third-order valence-corrected chi connectivity index (χ3v) is 4.35. The molecule has 154 valence electrons. The van der Waals surface area contributed by atoms with Crippen molar-refractivity contribution in [1.82, 2.24) is 10.6 Å². The van der Waals surface area contributed by atoms with Gasteiger partial charge in [-0.25, -0.2) is 0 Å². The van der Waals surface area contributed by atoms with Crippen molar-refractivity contribution in [3.63, 3.8) is 0 Å². The molecule has 0 unspecified atom stereocenters. The Labute approximate surface area is 161 Å². The highest BCUT2D eigenvalue weighted by atomic mass is 16.2. The van der Waals surface area contributed by atoms with E-state index in [1.807, 2.05) is 20.8 Å². The van der Waals surface area contributed by atoms with E-state index >= 15 is 0 Å². The van der Waals surface area contributed by atoms with Crippen LogP contribution in [0.3, 0.4) is 0 Å². The maximum atomic E-state index is 11.2. The van der Waals surface area contributed by atoms with E-state index in [2.05, 4.69) is 17.6 Å². The fourth-order valence-electron chi connectivity index (χ4n) is 2.74. The summed E-state index contributed by atoms with van der Waals surface area (Å²) in [5, 5.41) is 5.33. The monoisotopic (exact) mass is 370 g/mol. The maximum Gasteiger partial charge on any atom is 0.220 e. The van der Waals surface area contributed by atoms with Gasteiger partial charge in [-0.05, 0) is 25.7 Å². The number of rotatable bonds is 9. The minimum absolute atomic E-state index is 0.00800. The van der Waals surface area contributed by atoms with E-state index in [0.717, 1.165) is 38.6 Å². The van der Waals surface area contributed by atoms with Crippen LogP contribution in [-0.4, -0.2) is 31.2 Å². The van der Waals surface area contributed by atoms with Gasteiger partial charge in [0.25, 0.3) is 0 Å². The molecule has 1 rings (SSSR count). The van der Waals surface area contributed by atoms with Crippen LogP contribution in [0.5, 0.6) is 0 Å². The summed E-state index contributed by atoms with van der Waals surface area (Å²) in [5.41, 5.74) is 0. The van der Waals surface area contributed by atoms with Crippen molar-refractivity contribution < 1.29 is 14.4 Å². The molecule has 5 nitrogen and oxygen atoms in total. The van der Waals surface area contributed by atoms with Crippen molar-refractivity contribution in [3.8, 4) is 0 Å². The zero-order valence-corrected chi connectivity index (χ0v) is 17.8. The molecular weight excluding hydrogens is 328 g/mol. The molecule has 0 heterocycles. The molecule has 0 aromatic rings.